The molecule has 0 radical (unpaired) electrons. The number of ether oxygens (including phenoxy) is 1. The normalized spacial score (nSPS) is 13.4. The van der Waals surface area contributed by atoms with Crippen molar-refractivity contribution >= 4 is 11.6 Å². The Labute approximate surface area is 75.1 Å². The highest BCUT2D eigenvalue weighted by Gasteiger charge is 1.99. The number of hydrogen-bond donors (Lipinski definition) is 0. The van der Waals surface area contributed by atoms with Crippen molar-refractivity contribution in [2.24, 2.45) is 0 Å². The van der Waals surface area contributed by atoms with E-state index in [4.69, 9.17) is 16.3 Å². The first-order valence-electron chi connectivity index (χ1n) is 4.44. The maximum atomic E-state index is 5.95. The molecule has 2 heteroatoms. The summed E-state index contributed by atoms with van der Waals surface area (Å²) in [7, 11) is 1.75. The Balaban J connectivity index is 2.89. The first-order valence-corrected chi connectivity index (χ1v) is 4.88. The second-order valence-corrected chi connectivity index (χ2v) is 3.46. The molecule has 0 aliphatic rings. The molecule has 1 nitrogen and oxygen atoms in total. The summed E-state index contributed by atoms with van der Waals surface area (Å²) in [5.74, 6) is 0. The van der Waals surface area contributed by atoms with Gasteiger partial charge in [0.05, 0.1) is 0 Å². The van der Waals surface area contributed by atoms with Crippen molar-refractivity contribution in [1.29, 1.82) is 0 Å². The zero-order valence-electron chi connectivity index (χ0n) is 7.61. The fourth-order valence-corrected chi connectivity index (χ4v) is 1.15. The Hall–Kier alpha value is 0.250. The van der Waals surface area contributed by atoms with Gasteiger partial charge in [-0.05, 0) is 19.3 Å². The second-order valence-electron chi connectivity index (χ2n) is 2.85. The van der Waals surface area contributed by atoms with Crippen LogP contribution in [0.1, 0.15) is 39.0 Å². The highest BCUT2D eigenvalue weighted by molar-refractivity contribution is 6.20. The van der Waals surface area contributed by atoms with E-state index in [-0.39, 0.29) is 0 Å². The lowest BCUT2D eigenvalue weighted by Crippen LogP contribution is -1.96. The summed E-state index contributed by atoms with van der Waals surface area (Å²) in [5.41, 5.74) is 0. The van der Waals surface area contributed by atoms with Crippen molar-refractivity contribution in [3.05, 3.63) is 0 Å². The second kappa shape index (κ2) is 8.35. The summed E-state index contributed by atoms with van der Waals surface area (Å²) in [6.45, 7) is 3.02. The Kier molecular flexibility index (Phi) is 8.54. The van der Waals surface area contributed by atoms with E-state index in [2.05, 4.69) is 6.92 Å². The van der Waals surface area contributed by atoms with Gasteiger partial charge in [0.2, 0.25) is 0 Å². The molecule has 11 heavy (non-hydrogen) atoms. The molecule has 0 rings (SSSR count). The number of hydrogen-bond acceptors (Lipinski definition) is 1. The molecular formula is C9H19ClO. The lowest BCUT2D eigenvalue weighted by Gasteiger charge is -2.04. The van der Waals surface area contributed by atoms with Gasteiger partial charge in [0.1, 0.15) is 0 Å². The van der Waals surface area contributed by atoms with Gasteiger partial charge in [-0.15, -0.1) is 11.6 Å². The van der Waals surface area contributed by atoms with Crippen molar-refractivity contribution in [3.63, 3.8) is 0 Å². The number of unbranched alkanes of at least 4 members (excludes halogenated alkanes) is 2. The van der Waals surface area contributed by atoms with E-state index in [0.717, 1.165) is 19.4 Å². The summed E-state index contributed by atoms with van der Waals surface area (Å²) in [4.78, 5) is 0. The van der Waals surface area contributed by atoms with E-state index in [9.17, 15) is 0 Å². The van der Waals surface area contributed by atoms with Crippen molar-refractivity contribution in [2.45, 2.75) is 44.4 Å². The van der Waals surface area contributed by atoms with Crippen molar-refractivity contribution in [1.82, 2.24) is 0 Å². The predicted molar refractivity (Wildman–Crippen MR) is 50.3 cm³/mol. The predicted octanol–water partition coefficient (Wildman–Crippen LogP) is 3.21. The fraction of sp³-hybridized carbons (Fsp3) is 1.00. The summed E-state index contributed by atoms with van der Waals surface area (Å²) in [5, 5.41) is 0.387. The van der Waals surface area contributed by atoms with Crippen LogP contribution in [-0.2, 0) is 4.74 Å². The topological polar surface area (TPSA) is 9.23 Å². The molecule has 0 N–H and O–H groups in total. The molecule has 68 valence electrons. The van der Waals surface area contributed by atoms with E-state index < -0.39 is 0 Å². The Morgan fingerprint density at radius 2 is 2.00 bits per heavy atom. The van der Waals surface area contributed by atoms with E-state index in [1.165, 1.54) is 19.3 Å². The van der Waals surface area contributed by atoms with Crippen LogP contribution in [0.4, 0.5) is 0 Å². The number of rotatable bonds is 7. The summed E-state index contributed by atoms with van der Waals surface area (Å²) in [6, 6.07) is 0. The highest BCUT2D eigenvalue weighted by Crippen LogP contribution is 2.11. The summed E-state index contributed by atoms with van der Waals surface area (Å²) < 4.78 is 4.94. The molecule has 0 aromatic carbocycles. The van der Waals surface area contributed by atoms with E-state index in [0.29, 0.717) is 5.38 Å². The van der Waals surface area contributed by atoms with E-state index in [1.54, 1.807) is 7.11 Å². The summed E-state index contributed by atoms with van der Waals surface area (Å²) in [6.07, 6.45) is 5.90. The van der Waals surface area contributed by atoms with Crippen molar-refractivity contribution in [2.75, 3.05) is 13.7 Å². The number of alkyl halides is 1. The molecule has 1 unspecified atom stereocenters. The van der Waals surface area contributed by atoms with Gasteiger partial charge in [-0.2, -0.15) is 0 Å². The van der Waals surface area contributed by atoms with Gasteiger partial charge >= 0.3 is 0 Å². The van der Waals surface area contributed by atoms with E-state index >= 15 is 0 Å². The van der Waals surface area contributed by atoms with Crippen LogP contribution < -0.4 is 0 Å². The monoisotopic (exact) mass is 178 g/mol. The minimum absolute atomic E-state index is 0.387. The molecule has 0 aromatic heterocycles. The molecule has 0 fully saturated rings. The van der Waals surface area contributed by atoms with Gasteiger partial charge in [0, 0.05) is 19.1 Å². The maximum absolute atomic E-state index is 5.95. The minimum atomic E-state index is 0.387. The first-order chi connectivity index (χ1) is 5.31. The summed E-state index contributed by atoms with van der Waals surface area (Å²) >= 11 is 5.95. The molecule has 1 atom stereocenters. The van der Waals surface area contributed by atoms with Crippen LogP contribution in [0.2, 0.25) is 0 Å². The molecule has 0 saturated heterocycles. The SMILES string of the molecule is CCC(Cl)CCCCCOC. The molecule has 0 saturated carbocycles. The molecule has 0 spiro atoms. The molecule has 0 bridgehead atoms. The first kappa shape index (κ1) is 11.2. The van der Waals surface area contributed by atoms with Crippen LogP contribution in [0.3, 0.4) is 0 Å². The zero-order valence-corrected chi connectivity index (χ0v) is 8.36. The Bertz CT molecular complexity index is 76.0. The quantitative estimate of drug-likeness (QED) is 0.430. The van der Waals surface area contributed by atoms with Crippen molar-refractivity contribution in [3.8, 4) is 0 Å². The molecular weight excluding hydrogens is 160 g/mol. The molecule has 0 aliphatic carbocycles. The van der Waals surface area contributed by atoms with Gasteiger partial charge in [-0.3, -0.25) is 0 Å². The van der Waals surface area contributed by atoms with Crippen molar-refractivity contribution < 1.29 is 4.74 Å². The van der Waals surface area contributed by atoms with Gasteiger partial charge in [0.15, 0.2) is 0 Å². The third kappa shape index (κ3) is 8.15. The average Bonchev–Trinajstić information content (AvgIpc) is 2.04. The third-order valence-corrected chi connectivity index (χ3v) is 2.34. The van der Waals surface area contributed by atoms with Gasteiger partial charge in [0.25, 0.3) is 0 Å². The average molecular weight is 179 g/mol. The maximum Gasteiger partial charge on any atom is 0.0462 e. The van der Waals surface area contributed by atoms with Gasteiger partial charge < -0.3 is 4.74 Å². The van der Waals surface area contributed by atoms with Gasteiger partial charge in [-0.25, -0.2) is 0 Å². The van der Waals surface area contributed by atoms with Gasteiger partial charge in [-0.1, -0.05) is 19.8 Å². The fourth-order valence-electron chi connectivity index (χ4n) is 0.993. The lowest BCUT2D eigenvalue weighted by molar-refractivity contribution is 0.192. The standard InChI is InChI=1S/C9H19ClO/c1-3-9(10)7-5-4-6-8-11-2/h9H,3-8H2,1-2H3. The van der Waals surface area contributed by atoms with Crippen LogP contribution in [-0.4, -0.2) is 19.1 Å². The zero-order chi connectivity index (χ0) is 8.53. The van der Waals surface area contributed by atoms with Crippen LogP contribution in [0.5, 0.6) is 0 Å². The van der Waals surface area contributed by atoms with Crippen LogP contribution in [0.15, 0.2) is 0 Å². The molecule has 0 aromatic rings. The van der Waals surface area contributed by atoms with Crippen LogP contribution in [0, 0.1) is 0 Å². The lowest BCUT2D eigenvalue weighted by atomic mass is 10.1. The van der Waals surface area contributed by atoms with Crippen LogP contribution >= 0.6 is 11.6 Å². The largest absolute Gasteiger partial charge is 0.385 e. The Morgan fingerprint density at radius 1 is 1.27 bits per heavy atom. The van der Waals surface area contributed by atoms with Crippen LogP contribution in [0.25, 0.3) is 0 Å². The third-order valence-electron chi connectivity index (χ3n) is 1.81. The van der Waals surface area contributed by atoms with E-state index in [1.807, 2.05) is 0 Å². The number of halogens is 1. The number of methoxy groups -OCH3 is 1. The molecule has 0 aliphatic heterocycles. The highest BCUT2D eigenvalue weighted by atomic mass is 35.5. The minimum Gasteiger partial charge on any atom is -0.385 e. The Morgan fingerprint density at radius 3 is 2.55 bits per heavy atom. The molecule has 0 amide bonds. The molecule has 0 heterocycles. The smallest absolute Gasteiger partial charge is 0.0462 e.